The van der Waals surface area contributed by atoms with Crippen LogP contribution in [0.4, 0.5) is 0 Å². The molecule has 0 aliphatic heterocycles. The first-order chi connectivity index (χ1) is 35.0. The van der Waals surface area contributed by atoms with Gasteiger partial charge in [0, 0.05) is 12.8 Å². The summed E-state index contributed by atoms with van der Waals surface area (Å²) in [4.78, 5) is 24.6. The highest BCUT2D eigenvalue weighted by Gasteiger charge is 2.18. The highest BCUT2D eigenvalue weighted by Crippen LogP contribution is 2.18. The van der Waals surface area contributed by atoms with Gasteiger partial charge >= 0.3 is 5.97 Å². The minimum Gasteiger partial charge on any atom is -0.466 e. The molecule has 422 valence electrons. The van der Waals surface area contributed by atoms with Crippen LogP contribution in [0, 0.1) is 0 Å². The number of ether oxygens (including phenoxy) is 1. The third-order valence-corrected chi connectivity index (χ3v) is 15.3. The monoisotopic (exact) mass is 1000 g/mol. The highest BCUT2D eigenvalue weighted by atomic mass is 16.5. The van der Waals surface area contributed by atoms with Gasteiger partial charge in [0.1, 0.15) is 0 Å². The van der Waals surface area contributed by atoms with Crippen molar-refractivity contribution in [2.45, 2.75) is 379 Å². The van der Waals surface area contributed by atoms with Crippen molar-refractivity contribution >= 4 is 11.9 Å². The second-order valence-electron chi connectivity index (χ2n) is 22.5. The van der Waals surface area contributed by atoms with Crippen molar-refractivity contribution in [2.24, 2.45) is 0 Å². The fourth-order valence-corrected chi connectivity index (χ4v) is 10.3. The number of allylic oxidation sites excluding steroid dienone is 1. The van der Waals surface area contributed by atoms with E-state index in [0.29, 0.717) is 19.4 Å². The van der Waals surface area contributed by atoms with Gasteiger partial charge in [0.15, 0.2) is 0 Å². The maximum atomic E-state index is 12.5. The molecule has 0 rings (SSSR count). The molecule has 0 spiro atoms. The molecule has 0 saturated carbocycles. The minimum absolute atomic E-state index is 0.0136. The van der Waals surface area contributed by atoms with Gasteiger partial charge in [-0.15, -0.1) is 0 Å². The number of esters is 1. The van der Waals surface area contributed by atoms with E-state index in [1.165, 1.54) is 302 Å². The Morgan fingerprint density at radius 1 is 0.380 bits per heavy atom. The van der Waals surface area contributed by atoms with Gasteiger partial charge in [-0.1, -0.05) is 334 Å². The van der Waals surface area contributed by atoms with E-state index in [1.807, 2.05) is 6.08 Å². The van der Waals surface area contributed by atoms with Crippen LogP contribution in [0.1, 0.15) is 367 Å². The number of aliphatic hydroxyl groups is 2. The fourth-order valence-electron chi connectivity index (χ4n) is 10.3. The van der Waals surface area contributed by atoms with Gasteiger partial charge in [0.2, 0.25) is 5.91 Å². The number of hydrogen-bond acceptors (Lipinski definition) is 5. The van der Waals surface area contributed by atoms with Crippen molar-refractivity contribution in [1.82, 2.24) is 5.32 Å². The molecule has 0 aromatic rings. The first-order valence-electron chi connectivity index (χ1n) is 32.5. The third kappa shape index (κ3) is 57.7. The molecule has 3 N–H and O–H groups in total. The van der Waals surface area contributed by atoms with Crippen LogP contribution < -0.4 is 5.32 Å². The number of aliphatic hydroxyl groups excluding tert-OH is 2. The Morgan fingerprint density at radius 2 is 0.648 bits per heavy atom. The molecule has 6 heteroatoms. The normalized spacial score (nSPS) is 12.6. The van der Waals surface area contributed by atoms with Crippen molar-refractivity contribution < 1.29 is 24.5 Å². The third-order valence-electron chi connectivity index (χ3n) is 15.3. The second-order valence-corrected chi connectivity index (χ2v) is 22.5. The smallest absolute Gasteiger partial charge is 0.305 e. The molecule has 0 fully saturated rings. The van der Waals surface area contributed by atoms with E-state index >= 15 is 0 Å². The summed E-state index contributed by atoms with van der Waals surface area (Å²) in [5.41, 5.74) is 0. The van der Waals surface area contributed by atoms with Gasteiger partial charge in [-0.05, 0) is 32.1 Å². The quantitative estimate of drug-likeness (QED) is 0.0320. The molecular weight excluding hydrogens is 875 g/mol. The lowest BCUT2D eigenvalue weighted by molar-refractivity contribution is -0.143. The van der Waals surface area contributed by atoms with Gasteiger partial charge in [-0.2, -0.15) is 0 Å². The van der Waals surface area contributed by atoms with E-state index < -0.39 is 12.1 Å². The van der Waals surface area contributed by atoms with Crippen molar-refractivity contribution in [2.75, 3.05) is 13.2 Å². The van der Waals surface area contributed by atoms with E-state index in [1.54, 1.807) is 6.08 Å². The SMILES string of the molecule is CCCCCCCCCCCCCCCCC/C=C/C(O)C(CO)NC(=O)CCCCCCCCCCCCCCCCCCCCCOC(=O)CCCCCCCCCCCCCCCCCCCC. The van der Waals surface area contributed by atoms with Gasteiger partial charge in [0.05, 0.1) is 25.4 Å². The fraction of sp³-hybridized carbons (Fsp3) is 0.938. The number of nitrogens with one attached hydrogen (secondary N) is 1. The summed E-state index contributed by atoms with van der Waals surface area (Å²) >= 11 is 0. The van der Waals surface area contributed by atoms with E-state index in [-0.39, 0.29) is 18.5 Å². The molecule has 0 aromatic carbocycles. The van der Waals surface area contributed by atoms with E-state index in [2.05, 4.69) is 19.2 Å². The predicted octanol–water partition coefficient (Wildman–Crippen LogP) is 20.4. The lowest BCUT2D eigenvalue weighted by Crippen LogP contribution is -2.45. The summed E-state index contributed by atoms with van der Waals surface area (Å²) in [5.74, 6) is -0.0539. The molecule has 2 atom stereocenters. The standard InChI is InChI=1S/C65H127NO5/c1-3-5-7-9-11-13-15-17-19-21-27-31-35-39-43-47-51-55-59-65(70)71-60-56-52-48-44-40-36-32-28-24-22-23-26-30-34-38-42-46-50-54-58-64(69)66-62(61-67)63(68)57-53-49-45-41-37-33-29-25-20-18-16-14-12-10-8-6-4-2/h53,57,62-63,67-68H,3-52,54-56,58-61H2,1-2H3,(H,66,69)/b57-53+. The average molecular weight is 1000 g/mol. The summed E-state index contributed by atoms with van der Waals surface area (Å²) < 4.78 is 5.50. The highest BCUT2D eigenvalue weighted by molar-refractivity contribution is 5.76. The maximum absolute atomic E-state index is 12.5. The summed E-state index contributed by atoms with van der Waals surface area (Å²) in [6.07, 6.45) is 74.0. The predicted molar refractivity (Wildman–Crippen MR) is 310 cm³/mol. The van der Waals surface area contributed by atoms with Crippen LogP contribution in [0.25, 0.3) is 0 Å². The Morgan fingerprint density at radius 3 is 0.958 bits per heavy atom. The molecule has 0 radical (unpaired) electrons. The summed E-state index contributed by atoms with van der Waals surface area (Å²) in [7, 11) is 0. The number of rotatable bonds is 61. The lowest BCUT2D eigenvalue weighted by Gasteiger charge is -2.20. The van der Waals surface area contributed by atoms with Crippen LogP contribution in [0.15, 0.2) is 12.2 Å². The molecule has 1 amide bonds. The molecule has 0 heterocycles. The van der Waals surface area contributed by atoms with Crippen LogP contribution in [0.3, 0.4) is 0 Å². The van der Waals surface area contributed by atoms with Gasteiger partial charge in [-0.25, -0.2) is 0 Å². The molecule has 0 aliphatic rings. The van der Waals surface area contributed by atoms with Crippen molar-refractivity contribution in [3.05, 3.63) is 12.2 Å². The number of amides is 1. The molecule has 6 nitrogen and oxygen atoms in total. The van der Waals surface area contributed by atoms with Crippen molar-refractivity contribution in [1.29, 1.82) is 0 Å². The van der Waals surface area contributed by atoms with Crippen LogP contribution >= 0.6 is 0 Å². The first-order valence-corrected chi connectivity index (χ1v) is 32.5. The molecule has 0 aliphatic carbocycles. The minimum atomic E-state index is -0.846. The molecular formula is C65H127NO5. The second kappa shape index (κ2) is 61.1. The summed E-state index contributed by atoms with van der Waals surface area (Å²) in [6.45, 7) is 4.94. The zero-order valence-electron chi connectivity index (χ0n) is 48.2. The van der Waals surface area contributed by atoms with Gasteiger partial charge in [0.25, 0.3) is 0 Å². The zero-order chi connectivity index (χ0) is 51.4. The Balaban J connectivity index is 3.39. The molecule has 0 saturated heterocycles. The number of carbonyl (C=O) groups excluding carboxylic acids is 2. The Kier molecular flexibility index (Phi) is 59.9. The summed E-state index contributed by atoms with van der Waals surface area (Å²) in [6, 6.07) is -0.629. The molecule has 0 bridgehead atoms. The molecule has 2 unspecified atom stereocenters. The van der Waals surface area contributed by atoms with Crippen molar-refractivity contribution in [3.8, 4) is 0 Å². The lowest BCUT2D eigenvalue weighted by atomic mass is 10.0. The maximum Gasteiger partial charge on any atom is 0.305 e. The Labute approximate surface area is 444 Å². The van der Waals surface area contributed by atoms with Crippen molar-refractivity contribution in [3.63, 3.8) is 0 Å². The number of unbranched alkanes of at least 4 members (excludes halogenated alkanes) is 50. The topological polar surface area (TPSA) is 95.9 Å². The first kappa shape index (κ1) is 69.6. The largest absolute Gasteiger partial charge is 0.466 e. The molecule has 71 heavy (non-hydrogen) atoms. The van der Waals surface area contributed by atoms with Crippen LogP contribution in [-0.4, -0.2) is 47.4 Å². The Hall–Kier alpha value is -1.40. The van der Waals surface area contributed by atoms with E-state index in [9.17, 15) is 19.8 Å². The average Bonchev–Trinajstić information content (AvgIpc) is 3.37. The van der Waals surface area contributed by atoms with Crippen LogP contribution in [0.5, 0.6) is 0 Å². The van der Waals surface area contributed by atoms with E-state index in [0.717, 1.165) is 38.5 Å². The van der Waals surface area contributed by atoms with Crippen LogP contribution in [-0.2, 0) is 14.3 Å². The number of carbonyl (C=O) groups is 2. The zero-order valence-corrected chi connectivity index (χ0v) is 48.2. The molecule has 0 aromatic heterocycles. The van der Waals surface area contributed by atoms with Gasteiger partial charge in [-0.3, -0.25) is 9.59 Å². The summed E-state index contributed by atoms with van der Waals surface area (Å²) in [5, 5.41) is 23.2. The van der Waals surface area contributed by atoms with Crippen LogP contribution in [0.2, 0.25) is 0 Å². The number of hydrogen-bond donors (Lipinski definition) is 3. The van der Waals surface area contributed by atoms with E-state index in [4.69, 9.17) is 4.74 Å². The Bertz CT molecular complexity index is 1060. The van der Waals surface area contributed by atoms with Gasteiger partial charge < -0.3 is 20.3 Å².